The van der Waals surface area contributed by atoms with Crippen molar-refractivity contribution < 1.29 is 14.0 Å². The van der Waals surface area contributed by atoms with Crippen LogP contribution in [0.2, 0.25) is 0 Å². The number of benzene rings is 1. The molecule has 9 nitrogen and oxygen atoms in total. The number of fused-ring (bicyclic) bond motifs is 1. The topological polar surface area (TPSA) is 97.9 Å². The van der Waals surface area contributed by atoms with Gasteiger partial charge in [-0.15, -0.1) is 5.10 Å². The Bertz CT molecular complexity index is 1090. The van der Waals surface area contributed by atoms with Crippen LogP contribution in [0.4, 0.5) is 10.2 Å². The van der Waals surface area contributed by atoms with Crippen LogP contribution >= 0.6 is 0 Å². The second kappa shape index (κ2) is 7.69. The van der Waals surface area contributed by atoms with Crippen LogP contribution in [-0.4, -0.2) is 49.4 Å². The normalized spacial score (nSPS) is 17.4. The summed E-state index contributed by atoms with van der Waals surface area (Å²) in [6.07, 6.45) is 1.86. The van der Waals surface area contributed by atoms with Crippen LogP contribution in [0.3, 0.4) is 0 Å². The molecule has 2 atom stereocenters. The van der Waals surface area contributed by atoms with Gasteiger partial charge >= 0.3 is 0 Å². The van der Waals surface area contributed by atoms with Gasteiger partial charge in [-0.3, -0.25) is 14.5 Å². The first-order valence-corrected chi connectivity index (χ1v) is 9.63. The largest absolute Gasteiger partial charge is 0.337 e. The van der Waals surface area contributed by atoms with E-state index >= 15 is 0 Å². The van der Waals surface area contributed by atoms with E-state index in [1.165, 1.54) is 28.0 Å². The molecule has 0 saturated heterocycles. The number of halogens is 1. The number of amides is 2. The van der Waals surface area contributed by atoms with Crippen LogP contribution in [0.25, 0.3) is 0 Å². The molecule has 2 aromatic heterocycles. The molecular weight excluding hydrogens is 389 g/mol. The van der Waals surface area contributed by atoms with Gasteiger partial charge in [-0.2, -0.15) is 5.10 Å². The molecule has 1 N–H and O–H groups in total. The minimum absolute atomic E-state index is 0.0303. The monoisotopic (exact) mass is 411 g/mol. The molecule has 4 rings (SSSR count). The van der Waals surface area contributed by atoms with Crippen molar-refractivity contribution in [3.8, 4) is 0 Å². The van der Waals surface area contributed by atoms with Crippen molar-refractivity contribution in [3.63, 3.8) is 0 Å². The first kappa shape index (κ1) is 19.7. The fourth-order valence-corrected chi connectivity index (χ4v) is 3.50. The Morgan fingerprint density at radius 3 is 2.73 bits per heavy atom. The highest BCUT2D eigenvalue weighted by Gasteiger charge is 2.31. The van der Waals surface area contributed by atoms with Gasteiger partial charge in [0.05, 0.1) is 11.7 Å². The maximum absolute atomic E-state index is 13.1. The number of carbonyl (C=O) groups is 2. The van der Waals surface area contributed by atoms with Crippen molar-refractivity contribution in [2.75, 3.05) is 11.9 Å². The molecule has 1 aromatic carbocycles. The molecule has 1 aliphatic rings. The van der Waals surface area contributed by atoms with Crippen LogP contribution in [0, 0.1) is 12.7 Å². The Kier molecular flexibility index (Phi) is 5.06. The lowest BCUT2D eigenvalue weighted by atomic mass is 10.1. The van der Waals surface area contributed by atoms with Gasteiger partial charge in [-0.1, -0.05) is 12.1 Å². The first-order chi connectivity index (χ1) is 14.3. The molecule has 10 heteroatoms. The van der Waals surface area contributed by atoms with Gasteiger partial charge < -0.3 is 5.32 Å². The third-order valence-corrected chi connectivity index (χ3v) is 5.25. The fourth-order valence-electron chi connectivity index (χ4n) is 3.50. The predicted molar refractivity (Wildman–Crippen MR) is 106 cm³/mol. The number of likely N-dealkylation sites (N-methyl/N-ethyl adjacent to an activating group) is 1. The molecule has 0 spiro atoms. The number of anilines is 1. The summed E-state index contributed by atoms with van der Waals surface area (Å²) in [4.78, 5) is 31.0. The molecule has 3 aromatic rings. The molecule has 30 heavy (non-hydrogen) atoms. The summed E-state index contributed by atoms with van der Waals surface area (Å²) in [6.45, 7) is 4.25. The highest BCUT2D eigenvalue weighted by Crippen LogP contribution is 2.21. The van der Waals surface area contributed by atoms with Crippen molar-refractivity contribution >= 4 is 17.6 Å². The van der Waals surface area contributed by atoms with Crippen LogP contribution in [0.5, 0.6) is 0 Å². The van der Waals surface area contributed by atoms with Crippen molar-refractivity contribution in [2.24, 2.45) is 0 Å². The van der Waals surface area contributed by atoms with E-state index in [-0.39, 0.29) is 23.6 Å². The van der Waals surface area contributed by atoms with Gasteiger partial charge in [-0.05, 0) is 38.0 Å². The summed E-state index contributed by atoms with van der Waals surface area (Å²) in [5.74, 6) is -0.398. The Morgan fingerprint density at radius 2 is 2.00 bits per heavy atom. The fraction of sp³-hybridized carbons (Fsp3) is 0.350. The number of nitrogens with zero attached hydrogens (tertiary/aromatic N) is 6. The number of hydrogen-bond acceptors (Lipinski definition) is 5. The summed E-state index contributed by atoms with van der Waals surface area (Å²) in [5.41, 5.74) is 1.66. The molecule has 0 aliphatic carbocycles. The van der Waals surface area contributed by atoms with Crippen LogP contribution in [0.15, 0.2) is 36.7 Å². The van der Waals surface area contributed by atoms with Gasteiger partial charge in [-0.25, -0.2) is 18.7 Å². The summed E-state index contributed by atoms with van der Waals surface area (Å²) in [7, 11) is 1.66. The second-order valence-corrected chi connectivity index (χ2v) is 7.35. The third-order valence-electron chi connectivity index (χ3n) is 5.25. The molecule has 0 unspecified atom stereocenters. The molecule has 0 bridgehead atoms. The van der Waals surface area contributed by atoms with Crippen LogP contribution in [-0.2, 0) is 11.3 Å². The van der Waals surface area contributed by atoms with E-state index < -0.39 is 11.9 Å². The van der Waals surface area contributed by atoms with Gasteiger partial charge in [0.15, 0.2) is 0 Å². The SMILES string of the molecule is Cc1cc2n(n1)CC[C@H](NC(=O)c1ncn([C@@H](C)c3ccc(F)cc3)n1)C(=O)N2C. The Hall–Kier alpha value is -3.56. The number of nitrogens with one attached hydrogen (secondary N) is 1. The maximum atomic E-state index is 13.1. The van der Waals surface area contributed by atoms with E-state index in [1.54, 1.807) is 23.9 Å². The molecule has 0 fully saturated rings. The molecule has 2 amide bonds. The smallest absolute Gasteiger partial charge is 0.291 e. The number of aryl methyl sites for hydroxylation is 2. The van der Waals surface area contributed by atoms with Crippen molar-refractivity contribution in [1.82, 2.24) is 29.9 Å². The number of rotatable bonds is 4. The Balaban J connectivity index is 1.46. The van der Waals surface area contributed by atoms with E-state index in [9.17, 15) is 14.0 Å². The van der Waals surface area contributed by atoms with Gasteiger partial charge in [0, 0.05) is 19.7 Å². The Labute approximate surface area is 172 Å². The molecule has 3 heterocycles. The molecule has 0 radical (unpaired) electrons. The lowest BCUT2D eigenvalue weighted by Gasteiger charge is -2.19. The number of hydrogen-bond donors (Lipinski definition) is 1. The maximum Gasteiger partial charge on any atom is 0.291 e. The highest BCUT2D eigenvalue weighted by molar-refractivity contribution is 6.00. The van der Waals surface area contributed by atoms with E-state index in [0.717, 1.165) is 11.3 Å². The van der Waals surface area contributed by atoms with E-state index in [4.69, 9.17) is 0 Å². The molecular formula is C20H22FN7O2. The minimum atomic E-state index is -0.703. The third kappa shape index (κ3) is 3.68. The van der Waals surface area contributed by atoms with E-state index in [0.29, 0.717) is 18.8 Å². The quantitative estimate of drug-likeness (QED) is 0.705. The standard InChI is InChI=1S/C20H22FN7O2/c1-12-10-17-26(3)20(30)16(8-9-27(17)24-12)23-19(29)18-22-11-28(25-18)13(2)14-4-6-15(21)7-5-14/h4-7,10-11,13,16H,8-9H2,1-3H3,(H,23,29)/t13-,16-/m0/s1. The van der Waals surface area contributed by atoms with Crippen LogP contribution < -0.4 is 10.2 Å². The second-order valence-electron chi connectivity index (χ2n) is 7.35. The molecule has 0 saturated carbocycles. The first-order valence-electron chi connectivity index (χ1n) is 9.63. The molecule has 156 valence electrons. The van der Waals surface area contributed by atoms with Crippen molar-refractivity contribution in [3.05, 3.63) is 59.6 Å². The minimum Gasteiger partial charge on any atom is -0.337 e. The van der Waals surface area contributed by atoms with E-state index in [1.807, 2.05) is 19.9 Å². The highest BCUT2D eigenvalue weighted by atomic mass is 19.1. The van der Waals surface area contributed by atoms with Crippen molar-refractivity contribution in [2.45, 2.75) is 38.9 Å². The van der Waals surface area contributed by atoms with Crippen molar-refractivity contribution in [1.29, 1.82) is 0 Å². The van der Waals surface area contributed by atoms with Gasteiger partial charge in [0.1, 0.15) is 24.0 Å². The average molecular weight is 411 g/mol. The summed E-state index contributed by atoms with van der Waals surface area (Å²) < 4.78 is 16.4. The van der Waals surface area contributed by atoms with Crippen LogP contribution in [0.1, 0.15) is 41.3 Å². The van der Waals surface area contributed by atoms with Gasteiger partial charge in [0.25, 0.3) is 11.8 Å². The lowest BCUT2D eigenvalue weighted by molar-refractivity contribution is -0.120. The Morgan fingerprint density at radius 1 is 1.27 bits per heavy atom. The summed E-state index contributed by atoms with van der Waals surface area (Å²) in [5, 5.41) is 11.4. The summed E-state index contributed by atoms with van der Waals surface area (Å²) in [6, 6.07) is 6.96. The summed E-state index contributed by atoms with van der Waals surface area (Å²) >= 11 is 0. The van der Waals surface area contributed by atoms with E-state index in [2.05, 4.69) is 20.5 Å². The zero-order chi connectivity index (χ0) is 21.4. The zero-order valence-corrected chi connectivity index (χ0v) is 16.9. The number of aromatic nitrogens is 5. The zero-order valence-electron chi connectivity index (χ0n) is 16.9. The number of carbonyl (C=O) groups excluding carboxylic acids is 2. The predicted octanol–water partition coefficient (Wildman–Crippen LogP) is 1.70. The lowest BCUT2D eigenvalue weighted by Crippen LogP contribution is -2.47. The van der Waals surface area contributed by atoms with Gasteiger partial charge in [0.2, 0.25) is 5.82 Å². The average Bonchev–Trinajstić information content (AvgIpc) is 3.34. The molecule has 1 aliphatic heterocycles.